The van der Waals surface area contributed by atoms with Crippen LogP contribution in [0.1, 0.15) is 169 Å². The summed E-state index contributed by atoms with van der Waals surface area (Å²) in [4.78, 5) is 169. The van der Waals surface area contributed by atoms with Crippen molar-refractivity contribution >= 4 is 65.0 Å². The molecule has 5 N–H and O–H groups in total. The molecule has 0 spiro atoms. The first kappa shape index (κ1) is 77.1. The molecular formula is C62H113N11O12. The number of hydrogen-bond acceptors (Lipinski definition) is 12. The Kier molecular flexibility index (Phi) is 31.8. The Bertz CT molecular complexity index is 2280. The standard InChI is InChI=1S/C62H113N11O12/c1-25-27-28-40(15)52(75)51-56(79)65-43(26-2)58(81)67(18)33-48(74)68(19)44(29-34(3)4)55(78)66-49(38(11)12)61(84)69(20)45(30-35(5)6)54(77)63-41(16)53(76)64-42(17)57(80)70(21)46(31-36(7)8)59(82)71(22)47(32-37(9)10)60(83)72(23)50(39(13)14)62(85)73(51)24/h34-47,49-52,75H,25-33H2,1-24H3,(H,63,77)(H,64,76)(H,65,79)(H,66,78)/t40-,41+,42+,43+,44+,45+,46+,47+,49+,50+,51+,52?/m1/s1. The second kappa shape index (κ2) is 35.1. The highest BCUT2D eigenvalue weighted by Crippen LogP contribution is 2.26. The zero-order chi connectivity index (χ0) is 66.0. The van der Waals surface area contributed by atoms with E-state index in [9.17, 15) is 48.3 Å². The van der Waals surface area contributed by atoms with Crippen LogP contribution in [0, 0.1) is 41.4 Å². The Morgan fingerprint density at radius 3 is 1.29 bits per heavy atom. The van der Waals surface area contributed by atoms with Crippen molar-refractivity contribution in [3.8, 4) is 0 Å². The van der Waals surface area contributed by atoms with Crippen LogP contribution in [-0.4, -0.2) is 227 Å². The number of aliphatic hydroxyl groups excluding tert-OH is 1. The van der Waals surface area contributed by atoms with E-state index in [0.29, 0.717) is 12.8 Å². The number of nitrogens with one attached hydrogen (secondary N) is 4. The molecule has 11 amide bonds. The van der Waals surface area contributed by atoms with Crippen LogP contribution in [0.4, 0.5) is 0 Å². The Labute approximate surface area is 509 Å². The Morgan fingerprint density at radius 2 is 0.847 bits per heavy atom. The molecule has 0 bridgehead atoms. The van der Waals surface area contributed by atoms with Crippen LogP contribution >= 0.6 is 0 Å². The van der Waals surface area contributed by atoms with Crippen molar-refractivity contribution in [3.05, 3.63) is 0 Å². The van der Waals surface area contributed by atoms with Crippen molar-refractivity contribution in [2.45, 2.75) is 236 Å². The molecule has 1 fully saturated rings. The molecule has 0 aromatic rings. The van der Waals surface area contributed by atoms with Gasteiger partial charge in [-0.3, -0.25) is 52.7 Å². The van der Waals surface area contributed by atoms with Gasteiger partial charge in [0.1, 0.15) is 60.4 Å². The van der Waals surface area contributed by atoms with Crippen molar-refractivity contribution < 1.29 is 57.8 Å². The normalized spacial score (nSPS) is 26.8. The highest BCUT2D eigenvalue weighted by Gasteiger charge is 2.46. The van der Waals surface area contributed by atoms with E-state index >= 15 is 9.59 Å². The first-order valence-electron chi connectivity index (χ1n) is 31.0. The Balaban J connectivity index is 4.31. The smallest absolute Gasteiger partial charge is 0.246 e. The molecule has 1 aliphatic rings. The lowest BCUT2D eigenvalue weighted by molar-refractivity contribution is -0.157. The summed E-state index contributed by atoms with van der Waals surface area (Å²) in [7, 11) is 9.97. The summed E-state index contributed by atoms with van der Waals surface area (Å²) >= 11 is 0. The topological polar surface area (TPSA) is 279 Å². The molecule has 0 saturated carbocycles. The molecule has 488 valence electrons. The first-order chi connectivity index (χ1) is 39.2. The van der Waals surface area contributed by atoms with Crippen molar-refractivity contribution in [3.63, 3.8) is 0 Å². The van der Waals surface area contributed by atoms with E-state index in [0.717, 1.165) is 16.2 Å². The quantitative estimate of drug-likeness (QED) is 0.149. The molecule has 1 unspecified atom stereocenters. The fraction of sp³-hybridized carbons (Fsp3) is 0.823. The van der Waals surface area contributed by atoms with E-state index in [1.165, 1.54) is 87.7 Å². The zero-order valence-corrected chi connectivity index (χ0v) is 56.3. The maximum atomic E-state index is 15.1. The van der Waals surface area contributed by atoms with Crippen LogP contribution < -0.4 is 21.3 Å². The van der Waals surface area contributed by atoms with Gasteiger partial charge in [-0.1, -0.05) is 117 Å². The van der Waals surface area contributed by atoms with Gasteiger partial charge in [-0.05, 0) is 93.8 Å². The van der Waals surface area contributed by atoms with E-state index in [4.69, 9.17) is 0 Å². The molecule has 23 heteroatoms. The van der Waals surface area contributed by atoms with Crippen molar-refractivity contribution in [2.24, 2.45) is 41.4 Å². The summed E-state index contributed by atoms with van der Waals surface area (Å²) in [5.41, 5.74) is 0. The molecule has 0 aromatic carbocycles. The lowest BCUT2D eigenvalue weighted by Crippen LogP contribution is -2.63. The molecule has 23 nitrogen and oxygen atoms in total. The van der Waals surface area contributed by atoms with Crippen LogP contribution in [0.15, 0.2) is 0 Å². The Morgan fingerprint density at radius 1 is 0.435 bits per heavy atom. The van der Waals surface area contributed by atoms with Crippen LogP contribution in [0.25, 0.3) is 0 Å². The minimum absolute atomic E-state index is 0.0340. The molecule has 85 heavy (non-hydrogen) atoms. The number of hydrogen-bond donors (Lipinski definition) is 5. The second-order valence-corrected chi connectivity index (χ2v) is 26.4. The van der Waals surface area contributed by atoms with Gasteiger partial charge in [-0.2, -0.15) is 0 Å². The summed E-state index contributed by atoms with van der Waals surface area (Å²) in [6, 6.07) is -12.2. The lowest BCUT2D eigenvalue weighted by Gasteiger charge is -2.41. The highest BCUT2D eigenvalue weighted by atomic mass is 16.3. The third-order valence-electron chi connectivity index (χ3n) is 16.3. The third-order valence-corrected chi connectivity index (χ3v) is 16.3. The molecule has 1 rings (SSSR count). The number of carbonyl (C=O) groups excluding carboxylic acids is 11. The van der Waals surface area contributed by atoms with Gasteiger partial charge < -0.3 is 60.7 Å². The average molecular weight is 1200 g/mol. The molecule has 0 radical (unpaired) electrons. The Hall–Kier alpha value is -5.87. The van der Waals surface area contributed by atoms with Gasteiger partial charge in [-0.25, -0.2) is 0 Å². The van der Waals surface area contributed by atoms with E-state index in [-0.39, 0.29) is 55.8 Å². The fourth-order valence-electron chi connectivity index (χ4n) is 10.9. The largest absolute Gasteiger partial charge is 0.390 e. The average Bonchev–Trinajstić information content (AvgIpc) is 3.62. The number of aliphatic hydroxyl groups is 1. The van der Waals surface area contributed by atoms with Crippen molar-refractivity contribution in [1.29, 1.82) is 0 Å². The van der Waals surface area contributed by atoms with Crippen molar-refractivity contribution in [1.82, 2.24) is 55.6 Å². The SMILES string of the molecule is CCCC[C@@H](C)C(O)[C@H]1C(=O)N[C@@H](CC)C(=O)N(C)CC(=O)N(C)[C@@H](CC(C)C)C(=O)N[C@@H](C(C)C)C(=O)N(C)[C@@H](CC(C)C)C(=O)N[C@@H](C)C(=O)N[C@@H](C)C(=O)N(C)[C@@H](CC(C)C)C(=O)N(C)[C@@H](CC(C)C)C(=O)N(C)[C@@H](C(C)C)C(=O)N1C. The number of rotatable bonds is 16. The lowest BCUT2D eigenvalue weighted by atomic mass is 9.90. The van der Waals surface area contributed by atoms with Crippen LogP contribution in [0.3, 0.4) is 0 Å². The summed E-state index contributed by atoms with van der Waals surface area (Å²) in [6.07, 6.45) is 1.20. The molecule has 0 aliphatic carbocycles. The number of nitrogens with zero attached hydrogens (tertiary/aromatic N) is 7. The second-order valence-electron chi connectivity index (χ2n) is 26.4. The predicted molar refractivity (Wildman–Crippen MR) is 329 cm³/mol. The monoisotopic (exact) mass is 1200 g/mol. The number of carbonyl (C=O) groups is 11. The van der Waals surface area contributed by atoms with Gasteiger partial charge in [0.25, 0.3) is 0 Å². The number of likely N-dealkylation sites (N-methyl/N-ethyl adjacent to an activating group) is 7. The maximum absolute atomic E-state index is 15.1. The third kappa shape index (κ3) is 21.8. The van der Waals surface area contributed by atoms with Gasteiger partial charge in [-0.15, -0.1) is 0 Å². The maximum Gasteiger partial charge on any atom is 0.246 e. The van der Waals surface area contributed by atoms with E-state index in [1.807, 2.05) is 62.3 Å². The molecular weight excluding hydrogens is 1090 g/mol. The molecule has 1 saturated heterocycles. The van der Waals surface area contributed by atoms with Crippen molar-refractivity contribution in [2.75, 3.05) is 55.9 Å². The summed E-state index contributed by atoms with van der Waals surface area (Å²) < 4.78 is 0. The molecule has 1 heterocycles. The highest BCUT2D eigenvalue weighted by molar-refractivity contribution is 5.99. The summed E-state index contributed by atoms with van der Waals surface area (Å²) in [6.45, 7) is 29.6. The van der Waals surface area contributed by atoms with Gasteiger partial charge >= 0.3 is 0 Å². The number of unbranched alkanes of at least 4 members (excludes halogenated alkanes) is 1. The summed E-state index contributed by atoms with van der Waals surface area (Å²) in [5, 5.41) is 23.1. The van der Waals surface area contributed by atoms with Crippen LogP contribution in [-0.2, 0) is 52.7 Å². The zero-order valence-electron chi connectivity index (χ0n) is 56.3. The number of amides is 11. The van der Waals surface area contributed by atoms with Gasteiger partial charge in [0, 0.05) is 49.3 Å². The van der Waals surface area contributed by atoms with Gasteiger partial charge in [0.15, 0.2) is 0 Å². The fourth-order valence-corrected chi connectivity index (χ4v) is 10.9. The minimum atomic E-state index is -1.58. The molecule has 12 atom stereocenters. The predicted octanol–water partition coefficient (Wildman–Crippen LogP) is 3.49. The minimum Gasteiger partial charge on any atom is -0.390 e. The van der Waals surface area contributed by atoms with Gasteiger partial charge in [0.2, 0.25) is 65.0 Å². The molecule has 1 aliphatic heterocycles. The van der Waals surface area contributed by atoms with Crippen LogP contribution in [0.2, 0.25) is 0 Å². The van der Waals surface area contributed by atoms with Gasteiger partial charge in [0.05, 0.1) is 12.6 Å². The summed E-state index contributed by atoms with van der Waals surface area (Å²) in [5.74, 6) is -9.50. The first-order valence-corrected chi connectivity index (χ1v) is 31.0. The molecule has 0 aromatic heterocycles. The van der Waals surface area contributed by atoms with Crippen LogP contribution in [0.5, 0.6) is 0 Å². The van der Waals surface area contributed by atoms with E-state index < -0.39 is 156 Å². The van der Waals surface area contributed by atoms with E-state index in [2.05, 4.69) is 21.3 Å². The van der Waals surface area contributed by atoms with E-state index in [1.54, 1.807) is 41.5 Å².